The van der Waals surface area contributed by atoms with Gasteiger partial charge in [-0.25, -0.2) is 0 Å². The van der Waals surface area contributed by atoms with Crippen molar-refractivity contribution in [1.82, 2.24) is 10.2 Å². The molecule has 0 aliphatic carbocycles. The van der Waals surface area contributed by atoms with E-state index in [1.165, 1.54) is 0 Å². The number of halogens is 1. The molecule has 1 aliphatic heterocycles. The lowest BCUT2D eigenvalue weighted by Crippen LogP contribution is -2.60. The van der Waals surface area contributed by atoms with Crippen LogP contribution < -0.4 is 5.32 Å². The Bertz CT molecular complexity index is 697. The first-order valence-corrected chi connectivity index (χ1v) is 7.54. The molecule has 5 N–H and O–H groups in total. The van der Waals surface area contributed by atoms with Crippen molar-refractivity contribution < 1.29 is 29.6 Å². The van der Waals surface area contributed by atoms with E-state index >= 15 is 0 Å². The molecule has 0 saturated carbocycles. The average Bonchev–Trinajstić information content (AvgIpc) is 3.04. The van der Waals surface area contributed by atoms with Crippen LogP contribution in [0.3, 0.4) is 0 Å². The summed E-state index contributed by atoms with van der Waals surface area (Å²) in [6, 6.07) is 6.75. The predicted octanol–water partition coefficient (Wildman–Crippen LogP) is -0.398. The van der Waals surface area contributed by atoms with E-state index in [1.54, 1.807) is 24.3 Å². The molecule has 130 valence electrons. The number of nitrogens with zero attached hydrogens (tertiary/aromatic N) is 2. The summed E-state index contributed by atoms with van der Waals surface area (Å²) >= 11 is 5.90. The zero-order valence-electron chi connectivity index (χ0n) is 12.3. The van der Waals surface area contributed by atoms with Crippen LogP contribution in [0.1, 0.15) is 0 Å². The SMILES string of the molecule is OC[C@H]1O[C@@H](Nc2nnc(-c3cccc(Cl)c3)o2)[C@H](O)[C@@H](O)[C@@H]1O. The van der Waals surface area contributed by atoms with Gasteiger partial charge in [-0.1, -0.05) is 22.8 Å². The van der Waals surface area contributed by atoms with Crippen molar-refractivity contribution in [3.8, 4) is 11.5 Å². The molecule has 10 heteroatoms. The summed E-state index contributed by atoms with van der Waals surface area (Å²) in [4.78, 5) is 0. The van der Waals surface area contributed by atoms with Gasteiger partial charge in [-0.3, -0.25) is 0 Å². The number of aliphatic hydroxyl groups excluding tert-OH is 4. The Kier molecular flexibility index (Phi) is 4.99. The van der Waals surface area contributed by atoms with E-state index < -0.39 is 37.3 Å². The van der Waals surface area contributed by atoms with E-state index in [0.717, 1.165) is 0 Å². The zero-order valence-corrected chi connectivity index (χ0v) is 13.0. The van der Waals surface area contributed by atoms with E-state index in [9.17, 15) is 15.3 Å². The van der Waals surface area contributed by atoms with E-state index in [1.807, 2.05) is 0 Å². The molecular weight excluding hydrogens is 342 g/mol. The van der Waals surface area contributed by atoms with Crippen LogP contribution in [0.4, 0.5) is 6.01 Å². The molecule has 0 radical (unpaired) electrons. The predicted molar refractivity (Wildman–Crippen MR) is 82.1 cm³/mol. The number of anilines is 1. The molecule has 1 saturated heterocycles. The van der Waals surface area contributed by atoms with Gasteiger partial charge in [-0.15, -0.1) is 5.10 Å². The molecule has 5 atom stereocenters. The summed E-state index contributed by atoms with van der Waals surface area (Å²) in [5.74, 6) is 0.199. The summed E-state index contributed by atoms with van der Waals surface area (Å²) < 4.78 is 10.7. The highest BCUT2D eigenvalue weighted by Gasteiger charge is 2.43. The quantitative estimate of drug-likeness (QED) is 0.494. The second kappa shape index (κ2) is 7.01. The highest BCUT2D eigenvalue weighted by Crippen LogP contribution is 2.25. The fourth-order valence-electron chi connectivity index (χ4n) is 2.36. The van der Waals surface area contributed by atoms with Gasteiger partial charge >= 0.3 is 6.01 Å². The minimum Gasteiger partial charge on any atom is -0.403 e. The monoisotopic (exact) mass is 357 g/mol. The van der Waals surface area contributed by atoms with Crippen LogP contribution in [0.2, 0.25) is 5.02 Å². The fraction of sp³-hybridized carbons (Fsp3) is 0.429. The van der Waals surface area contributed by atoms with Gasteiger partial charge in [-0.2, -0.15) is 0 Å². The van der Waals surface area contributed by atoms with Crippen molar-refractivity contribution in [1.29, 1.82) is 0 Å². The van der Waals surface area contributed by atoms with E-state index in [-0.39, 0.29) is 11.9 Å². The maximum atomic E-state index is 9.96. The molecule has 3 rings (SSSR count). The zero-order chi connectivity index (χ0) is 17.3. The number of aliphatic hydroxyl groups is 4. The van der Waals surface area contributed by atoms with Crippen LogP contribution in [0, 0.1) is 0 Å². The van der Waals surface area contributed by atoms with Gasteiger partial charge in [0, 0.05) is 10.6 Å². The van der Waals surface area contributed by atoms with Crippen LogP contribution >= 0.6 is 11.6 Å². The van der Waals surface area contributed by atoms with Gasteiger partial charge < -0.3 is 34.9 Å². The Balaban J connectivity index is 1.74. The Morgan fingerprint density at radius 2 is 1.92 bits per heavy atom. The molecule has 0 amide bonds. The first kappa shape index (κ1) is 17.1. The van der Waals surface area contributed by atoms with Gasteiger partial charge in [0.2, 0.25) is 5.89 Å². The van der Waals surface area contributed by atoms with Crippen molar-refractivity contribution in [2.45, 2.75) is 30.6 Å². The minimum atomic E-state index is -1.50. The summed E-state index contributed by atoms with van der Waals surface area (Å²) in [6.45, 7) is -0.527. The van der Waals surface area contributed by atoms with Crippen LogP contribution in [0.15, 0.2) is 28.7 Å². The molecular formula is C14H16ClN3O6. The maximum absolute atomic E-state index is 9.96. The van der Waals surface area contributed by atoms with Crippen molar-refractivity contribution >= 4 is 17.6 Å². The van der Waals surface area contributed by atoms with Crippen LogP contribution in [0.25, 0.3) is 11.5 Å². The summed E-state index contributed by atoms with van der Waals surface area (Å²) in [7, 11) is 0. The maximum Gasteiger partial charge on any atom is 0.317 e. The van der Waals surface area contributed by atoms with E-state index in [0.29, 0.717) is 10.6 Å². The van der Waals surface area contributed by atoms with Gasteiger partial charge in [0.1, 0.15) is 24.4 Å². The summed E-state index contributed by atoms with van der Waals surface area (Å²) in [6.07, 6.45) is -6.56. The molecule has 1 aromatic heterocycles. The van der Waals surface area contributed by atoms with Crippen molar-refractivity contribution in [3.05, 3.63) is 29.3 Å². The first-order valence-electron chi connectivity index (χ1n) is 7.16. The third-order valence-corrected chi connectivity index (χ3v) is 3.89. The molecule has 1 aromatic carbocycles. The molecule has 2 aromatic rings. The molecule has 2 heterocycles. The molecule has 1 fully saturated rings. The molecule has 24 heavy (non-hydrogen) atoms. The van der Waals surface area contributed by atoms with E-state index in [4.69, 9.17) is 25.9 Å². The van der Waals surface area contributed by atoms with Crippen molar-refractivity contribution in [2.24, 2.45) is 0 Å². The number of nitrogens with one attached hydrogen (secondary N) is 1. The summed E-state index contributed by atoms with van der Waals surface area (Å²) in [5, 5.41) is 49.4. The highest BCUT2D eigenvalue weighted by atomic mass is 35.5. The van der Waals surface area contributed by atoms with Crippen LogP contribution in [-0.2, 0) is 4.74 Å². The summed E-state index contributed by atoms with van der Waals surface area (Å²) in [5.41, 5.74) is 0.608. The Morgan fingerprint density at radius 1 is 1.12 bits per heavy atom. The lowest BCUT2D eigenvalue weighted by atomic mass is 9.98. The number of benzene rings is 1. The number of hydrogen-bond donors (Lipinski definition) is 5. The van der Waals surface area contributed by atoms with E-state index in [2.05, 4.69) is 15.5 Å². The van der Waals surface area contributed by atoms with Crippen molar-refractivity contribution in [3.63, 3.8) is 0 Å². The third kappa shape index (κ3) is 3.36. The largest absolute Gasteiger partial charge is 0.403 e. The molecule has 0 unspecified atom stereocenters. The van der Waals surface area contributed by atoms with Crippen LogP contribution in [-0.4, -0.2) is 67.9 Å². The van der Waals surface area contributed by atoms with Crippen molar-refractivity contribution in [2.75, 3.05) is 11.9 Å². The number of aromatic nitrogens is 2. The Morgan fingerprint density at radius 3 is 2.62 bits per heavy atom. The molecule has 0 bridgehead atoms. The third-order valence-electron chi connectivity index (χ3n) is 3.65. The Hall–Kier alpha value is -1.75. The highest BCUT2D eigenvalue weighted by molar-refractivity contribution is 6.30. The van der Waals surface area contributed by atoms with Gasteiger partial charge in [-0.05, 0) is 18.2 Å². The Labute approximate surface area is 141 Å². The molecule has 1 aliphatic rings. The second-order valence-corrected chi connectivity index (χ2v) is 5.75. The first-order chi connectivity index (χ1) is 11.5. The number of hydrogen-bond acceptors (Lipinski definition) is 9. The fourth-order valence-corrected chi connectivity index (χ4v) is 2.55. The molecule has 0 spiro atoms. The normalized spacial score (nSPS) is 30.3. The average molecular weight is 358 g/mol. The number of ether oxygens (including phenoxy) is 1. The van der Waals surface area contributed by atoms with Gasteiger partial charge in [0.15, 0.2) is 6.23 Å². The standard InChI is InChI=1S/C14H16ClN3O6/c15-7-3-1-2-6(4-7)12-17-18-14(24-12)16-13-11(22)10(21)9(20)8(5-19)23-13/h1-4,8-11,13,19-22H,5H2,(H,16,18)/t8-,9-,10+,11-,13-/m1/s1. The van der Waals surface area contributed by atoms with Gasteiger partial charge in [0.25, 0.3) is 0 Å². The lowest BCUT2D eigenvalue weighted by molar-refractivity contribution is -0.222. The number of rotatable bonds is 4. The minimum absolute atomic E-state index is 0.0608. The second-order valence-electron chi connectivity index (χ2n) is 5.32. The topological polar surface area (TPSA) is 141 Å². The van der Waals surface area contributed by atoms with Crippen LogP contribution in [0.5, 0.6) is 0 Å². The van der Waals surface area contributed by atoms with Gasteiger partial charge in [0.05, 0.1) is 6.61 Å². The molecule has 9 nitrogen and oxygen atoms in total. The smallest absolute Gasteiger partial charge is 0.317 e. The lowest BCUT2D eigenvalue weighted by Gasteiger charge is -2.39.